The lowest BCUT2D eigenvalue weighted by Crippen LogP contribution is -3.17. The first-order valence-electron chi connectivity index (χ1n) is 5.18. The van der Waals surface area contributed by atoms with Crippen molar-refractivity contribution in [2.75, 3.05) is 19.9 Å². The van der Waals surface area contributed by atoms with Crippen LogP contribution in [0.25, 0.3) is 0 Å². The molecular weight excluding hydrogens is 182 g/mol. The zero-order chi connectivity index (χ0) is 9.52. The molecule has 0 bridgehead atoms. The Morgan fingerprint density at radius 3 is 2.54 bits per heavy atom. The van der Waals surface area contributed by atoms with E-state index in [-0.39, 0.29) is 0 Å². The number of rotatable bonds is 5. The zero-order valence-electron chi connectivity index (χ0n) is 8.36. The van der Waals surface area contributed by atoms with E-state index in [0.717, 1.165) is 18.4 Å². The molecule has 0 radical (unpaired) electrons. The third kappa shape index (κ3) is 4.43. The first kappa shape index (κ1) is 10.7. The van der Waals surface area contributed by atoms with Crippen LogP contribution >= 0.6 is 12.2 Å². The molecule has 1 aliphatic rings. The molecule has 0 aromatic heterocycles. The Hall–Kier alpha value is -0.350. The van der Waals surface area contributed by atoms with Crippen LogP contribution in [0.2, 0.25) is 0 Å². The summed E-state index contributed by atoms with van der Waals surface area (Å²) in [5.41, 5.74) is 0. The van der Waals surface area contributed by atoms with Gasteiger partial charge in [-0.1, -0.05) is 19.8 Å². The monoisotopic (exact) mass is 202 g/mol. The quantitative estimate of drug-likeness (QED) is 0.427. The van der Waals surface area contributed by atoms with E-state index in [2.05, 4.69) is 17.6 Å². The fourth-order valence-corrected chi connectivity index (χ4v) is 1.66. The number of hydrogen-bond donors (Lipinski definition) is 3. The molecule has 1 aliphatic heterocycles. The van der Waals surface area contributed by atoms with E-state index in [1.165, 1.54) is 32.2 Å². The van der Waals surface area contributed by atoms with Gasteiger partial charge in [-0.3, -0.25) is 0 Å². The summed E-state index contributed by atoms with van der Waals surface area (Å²) >= 11 is 4.98. The standard InChI is InChI=1S/C9H19N3S/c1-2-3-4-5-6-12-7-10-9(13)11-8-12/h2-8H2,1H3,(H2,10,11,13)/p+1. The second-order valence-corrected chi connectivity index (χ2v) is 4.01. The van der Waals surface area contributed by atoms with E-state index in [1.807, 2.05) is 0 Å². The smallest absolute Gasteiger partial charge is 0.174 e. The molecule has 3 N–H and O–H groups in total. The molecule has 0 saturated carbocycles. The summed E-state index contributed by atoms with van der Waals surface area (Å²) in [7, 11) is 0. The van der Waals surface area contributed by atoms with Gasteiger partial charge in [-0.25, -0.2) is 0 Å². The summed E-state index contributed by atoms with van der Waals surface area (Å²) < 4.78 is 0. The molecule has 1 fully saturated rings. The summed E-state index contributed by atoms with van der Waals surface area (Å²) in [6.45, 7) is 5.47. The first-order chi connectivity index (χ1) is 6.33. The molecule has 0 aromatic rings. The average Bonchev–Trinajstić information content (AvgIpc) is 2.15. The highest BCUT2D eigenvalue weighted by Gasteiger charge is 2.13. The molecule has 0 aliphatic carbocycles. The van der Waals surface area contributed by atoms with Gasteiger partial charge in [-0.2, -0.15) is 0 Å². The van der Waals surface area contributed by atoms with E-state index in [0.29, 0.717) is 0 Å². The minimum absolute atomic E-state index is 0.803. The number of hydrogen-bond acceptors (Lipinski definition) is 1. The minimum Gasteiger partial charge on any atom is -0.316 e. The first-order valence-corrected chi connectivity index (χ1v) is 5.59. The minimum atomic E-state index is 0.803. The van der Waals surface area contributed by atoms with Crippen molar-refractivity contribution in [1.82, 2.24) is 10.6 Å². The van der Waals surface area contributed by atoms with Crippen LogP contribution in [0.5, 0.6) is 0 Å². The van der Waals surface area contributed by atoms with Gasteiger partial charge in [-0.15, -0.1) is 0 Å². The Morgan fingerprint density at radius 1 is 1.23 bits per heavy atom. The van der Waals surface area contributed by atoms with Crippen molar-refractivity contribution >= 4 is 17.3 Å². The highest BCUT2D eigenvalue weighted by atomic mass is 32.1. The van der Waals surface area contributed by atoms with Gasteiger partial charge >= 0.3 is 0 Å². The van der Waals surface area contributed by atoms with Gasteiger partial charge in [0.05, 0.1) is 6.54 Å². The van der Waals surface area contributed by atoms with Crippen LogP contribution in [-0.4, -0.2) is 25.0 Å². The molecule has 1 heterocycles. The lowest BCUT2D eigenvalue weighted by molar-refractivity contribution is -0.906. The molecule has 0 amide bonds. The van der Waals surface area contributed by atoms with Crippen molar-refractivity contribution in [3.63, 3.8) is 0 Å². The predicted molar refractivity (Wildman–Crippen MR) is 58.6 cm³/mol. The summed E-state index contributed by atoms with van der Waals surface area (Å²) in [6.07, 6.45) is 5.38. The van der Waals surface area contributed by atoms with Crippen molar-refractivity contribution < 1.29 is 4.90 Å². The second-order valence-electron chi connectivity index (χ2n) is 3.60. The van der Waals surface area contributed by atoms with Gasteiger partial charge in [0.1, 0.15) is 0 Å². The Morgan fingerprint density at radius 2 is 1.92 bits per heavy atom. The van der Waals surface area contributed by atoms with Gasteiger partial charge in [0.25, 0.3) is 0 Å². The predicted octanol–water partition coefficient (Wildman–Crippen LogP) is -0.156. The van der Waals surface area contributed by atoms with Crippen molar-refractivity contribution in [2.45, 2.75) is 32.6 Å². The van der Waals surface area contributed by atoms with Crippen molar-refractivity contribution in [2.24, 2.45) is 0 Å². The molecule has 3 nitrogen and oxygen atoms in total. The average molecular weight is 202 g/mol. The topological polar surface area (TPSA) is 28.5 Å². The van der Waals surface area contributed by atoms with Gasteiger partial charge < -0.3 is 15.5 Å². The van der Waals surface area contributed by atoms with Crippen LogP contribution < -0.4 is 15.5 Å². The third-order valence-corrected chi connectivity index (χ3v) is 2.67. The van der Waals surface area contributed by atoms with E-state index < -0.39 is 0 Å². The Labute approximate surface area is 85.9 Å². The molecule has 76 valence electrons. The number of unbranched alkanes of at least 4 members (excludes halogenated alkanes) is 3. The number of quaternary nitrogens is 1. The van der Waals surface area contributed by atoms with Crippen molar-refractivity contribution in [1.29, 1.82) is 0 Å². The lowest BCUT2D eigenvalue weighted by Gasteiger charge is -2.26. The number of thiocarbonyl (C=S) groups is 1. The highest BCUT2D eigenvalue weighted by molar-refractivity contribution is 7.80. The Kier molecular flexibility index (Phi) is 5.08. The lowest BCUT2D eigenvalue weighted by atomic mass is 10.2. The zero-order valence-corrected chi connectivity index (χ0v) is 9.17. The molecular formula is C9H20N3S+. The van der Waals surface area contributed by atoms with Crippen LogP contribution in [0.4, 0.5) is 0 Å². The van der Waals surface area contributed by atoms with Crippen LogP contribution in [-0.2, 0) is 0 Å². The maximum Gasteiger partial charge on any atom is 0.174 e. The van der Waals surface area contributed by atoms with E-state index in [9.17, 15) is 0 Å². The SMILES string of the molecule is CCCCCC[NH+]1CNC(=S)NC1. The summed E-state index contributed by atoms with van der Waals surface area (Å²) in [6, 6.07) is 0. The van der Waals surface area contributed by atoms with Gasteiger partial charge in [-0.05, 0) is 25.1 Å². The van der Waals surface area contributed by atoms with Crippen LogP contribution in [0.15, 0.2) is 0 Å². The van der Waals surface area contributed by atoms with Crippen molar-refractivity contribution in [3.05, 3.63) is 0 Å². The van der Waals surface area contributed by atoms with Gasteiger partial charge in [0.15, 0.2) is 18.4 Å². The largest absolute Gasteiger partial charge is 0.316 e. The van der Waals surface area contributed by atoms with E-state index in [1.54, 1.807) is 4.90 Å². The Balaban J connectivity index is 1.99. The van der Waals surface area contributed by atoms with Crippen LogP contribution in [0, 0.1) is 0 Å². The molecule has 0 aromatic carbocycles. The number of nitrogens with one attached hydrogen (secondary N) is 3. The molecule has 0 atom stereocenters. The summed E-state index contributed by atoms with van der Waals surface area (Å²) in [4.78, 5) is 1.56. The van der Waals surface area contributed by atoms with Crippen molar-refractivity contribution in [3.8, 4) is 0 Å². The van der Waals surface area contributed by atoms with E-state index in [4.69, 9.17) is 12.2 Å². The molecule has 1 saturated heterocycles. The molecule has 13 heavy (non-hydrogen) atoms. The normalized spacial score (nSPS) is 18.1. The highest BCUT2D eigenvalue weighted by Crippen LogP contribution is 1.95. The van der Waals surface area contributed by atoms with E-state index >= 15 is 0 Å². The fourth-order valence-electron chi connectivity index (χ4n) is 1.51. The Bertz CT molecular complexity index is 151. The maximum atomic E-state index is 4.98. The molecule has 1 rings (SSSR count). The van der Waals surface area contributed by atoms with Gasteiger partial charge in [0, 0.05) is 0 Å². The van der Waals surface area contributed by atoms with Crippen LogP contribution in [0.3, 0.4) is 0 Å². The van der Waals surface area contributed by atoms with Crippen LogP contribution in [0.1, 0.15) is 32.6 Å². The third-order valence-electron chi connectivity index (χ3n) is 2.38. The maximum absolute atomic E-state index is 4.98. The second kappa shape index (κ2) is 6.16. The molecule has 4 heteroatoms. The fraction of sp³-hybridized carbons (Fsp3) is 0.889. The van der Waals surface area contributed by atoms with Gasteiger partial charge in [0.2, 0.25) is 0 Å². The molecule has 0 unspecified atom stereocenters. The summed E-state index contributed by atoms with van der Waals surface area (Å²) in [5, 5.41) is 7.12. The summed E-state index contributed by atoms with van der Waals surface area (Å²) in [5.74, 6) is 0. The molecule has 0 spiro atoms.